The number of carbonyl (C=O) groups excluding carboxylic acids is 2. The minimum absolute atomic E-state index is 0.0655. The molecule has 4 aliphatic rings. The first kappa shape index (κ1) is 22.7. The summed E-state index contributed by atoms with van der Waals surface area (Å²) in [7, 11) is 0. The Morgan fingerprint density at radius 1 is 1.15 bits per heavy atom. The summed E-state index contributed by atoms with van der Waals surface area (Å²) >= 11 is -1.10. The lowest BCUT2D eigenvalue weighted by Crippen LogP contribution is -2.54. The monoisotopic (exact) mass is 477 g/mol. The number of rotatable bonds is 5. The molecule has 5 heterocycles. The van der Waals surface area contributed by atoms with E-state index in [-0.39, 0.29) is 29.9 Å². The van der Waals surface area contributed by atoms with Gasteiger partial charge in [0.1, 0.15) is 17.6 Å². The number of aryl methyl sites for hydroxylation is 1. The number of fused-ring (bicyclic) bond motifs is 1. The molecule has 1 atom stereocenters. The second kappa shape index (κ2) is 9.63. The molecule has 3 saturated heterocycles. The van der Waals surface area contributed by atoms with E-state index in [0.717, 1.165) is 36.3 Å². The molecule has 0 spiro atoms. The maximum absolute atomic E-state index is 12.6. The minimum Gasteiger partial charge on any atom is -0.611 e. The molecule has 4 aliphatic heterocycles. The number of nitrogens with zero attached hydrogens (tertiary/aromatic N) is 4. The molecular weight excluding hydrogens is 446 g/mol. The number of ether oxygens (including phenoxy) is 2. The highest BCUT2D eigenvalue weighted by Crippen LogP contribution is 2.34. The molecule has 0 aliphatic carbocycles. The van der Waals surface area contributed by atoms with E-state index >= 15 is 0 Å². The van der Waals surface area contributed by atoms with Gasteiger partial charge in [0.25, 0.3) is 0 Å². The standard InChI is InChI=1S/C22H31N5O5S/c1-14(28)26-7-2-16(3-8-26)23-20-19-18(6-11-33(19)30)24-22(25-20)27-12-17(13-27)32-21(29)15-4-9-31-10-5-15/h15-17H,2-13H2,1H3,(H,23,24,25). The van der Waals surface area contributed by atoms with Gasteiger partial charge in [0.15, 0.2) is 5.82 Å². The Balaban J connectivity index is 1.22. The normalized spacial score (nSPS) is 24.4. The molecule has 10 nitrogen and oxygen atoms in total. The zero-order valence-corrected chi connectivity index (χ0v) is 19.8. The fraction of sp³-hybridized carbons (Fsp3) is 0.727. The van der Waals surface area contributed by atoms with Crippen molar-refractivity contribution in [2.75, 3.05) is 55.4 Å². The van der Waals surface area contributed by atoms with E-state index in [1.807, 2.05) is 9.80 Å². The van der Waals surface area contributed by atoms with Crippen molar-refractivity contribution in [3.8, 4) is 0 Å². The van der Waals surface area contributed by atoms with Crippen LogP contribution in [0.15, 0.2) is 4.90 Å². The molecule has 0 radical (unpaired) electrons. The lowest BCUT2D eigenvalue weighted by Gasteiger charge is -2.39. The molecule has 180 valence electrons. The van der Waals surface area contributed by atoms with E-state index in [9.17, 15) is 14.1 Å². The number of aromatic nitrogens is 2. The summed E-state index contributed by atoms with van der Waals surface area (Å²) in [5.74, 6) is 1.71. The zero-order valence-electron chi connectivity index (χ0n) is 19.0. The van der Waals surface area contributed by atoms with Crippen LogP contribution >= 0.6 is 0 Å². The molecule has 0 saturated carbocycles. The van der Waals surface area contributed by atoms with Gasteiger partial charge in [0.05, 0.1) is 19.0 Å². The second-order valence-corrected chi connectivity index (χ2v) is 10.7. The summed E-state index contributed by atoms with van der Waals surface area (Å²) in [5, 5.41) is 3.49. The molecule has 1 aromatic rings. The van der Waals surface area contributed by atoms with Crippen LogP contribution in [0.5, 0.6) is 0 Å². The number of anilines is 2. The summed E-state index contributed by atoms with van der Waals surface area (Å²) in [5.41, 5.74) is 0.838. The quantitative estimate of drug-likeness (QED) is 0.483. The van der Waals surface area contributed by atoms with Gasteiger partial charge in [-0.2, -0.15) is 4.98 Å². The first-order valence-corrected chi connectivity index (χ1v) is 13.1. The van der Waals surface area contributed by atoms with Crippen molar-refractivity contribution in [3.05, 3.63) is 5.69 Å². The third kappa shape index (κ3) is 4.90. The van der Waals surface area contributed by atoms with Gasteiger partial charge in [0, 0.05) is 45.7 Å². The molecule has 1 unspecified atom stereocenters. The van der Waals surface area contributed by atoms with Gasteiger partial charge in [-0.1, -0.05) is 0 Å². The highest BCUT2D eigenvalue weighted by molar-refractivity contribution is 7.91. The number of piperidine rings is 1. The van der Waals surface area contributed by atoms with E-state index in [2.05, 4.69) is 5.32 Å². The lowest BCUT2D eigenvalue weighted by atomic mass is 10.0. The van der Waals surface area contributed by atoms with E-state index in [1.165, 1.54) is 0 Å². The van der Waals surface area contributed by atoms with Crippen molar-refractivity contribution < 1.29 is 23.6 Å². The molecular formula is C22H31N5O5S. The predicted octanol–water partition coefficient (Wildman–Crippen LogP) is 0.722. The van der Waals surface area contributed by atoms with Crippen LogP contribution in [0.2, 0.25) is 0 Å². The topological polar surface area (TPSA) is 120 Å². The molecule has 0 aromatic carbocycles. The maximum Gasteiger partial charge on any atom is 0.309 e. The van der Waals surface area contributed by atoms with Crippen LogP contribution in [-0.4, -0.2) is 88.6 Å². The van der Waals surface area contributed by atoms with Crippen LogP contribution in [0.3, 0.4) is 0 Å². The fourth-order valence-corrected chi connectivity index (χ4v) is 6.14. The molecule has 0 bridgehead atoms. The Morgan fingerprint density at radius 3 is 2.58 bits per heavy atom. The zero-order chi connectivity index (χ0) is 22.9. The van der Waals surface area contributed by atoms with Crippen LogP contribution in [-0.2, 0) is 36.7 Å². The summed E-state index contributed by atoms with van der Waals surface area (Å²) in [6.45, 7) is 5.38. The van der Waals surface area contributed by atoms with E-state index in [1.54, 1.807) is 6.92 Å². The summed E-state index contributed by atoms with van der Waals surface area (Å²) < 4.78 is 23.6. The van der Waals surface area contributed by atoms with Gasteiger partial charge in [-0.05, 0) is 36.9 Å². The molecule has 1 N–H and O–H groups in total. The Morgan fingerprint density at radius 2 is 1.88 bits per heavy atom. The molecule has 1 aromatic heterocycles. The van der Waals surface area contributed by atoms with E-state index < -0.39 is 11.2 Å². The third-order valence-corrected chi connectivity index (χ3v) is 8.38. The fourth-order valence-electron chi connectivity index (χ4n) is 4.83. The van der Waals surface area contributed by atoms with Crippen molar-refractivity contribution in [2.24, 2.45) is 5.92 Å². The highest BCUT2D eigenvalue weighted by atomic mass is 32.2. The molecule has 5 rings (SSSR count). The number of likely N-dealkylation sites (tertiary alicyclic amines) is 1. The molecule has 33 heavy (non-hydrogen) atoms. The van der Waals surface area contributed by atoms with E-state index in [4.69, 9.17) is 19.4 Å². The van der Waals surface area contributed by atoms with E-state index in [0.29, 0.717) is 63.3 Å². The summed E-state index contributed by atoms with van der Waals surface area (Å²) in [4.78, 5) is 38.0. The Bertz CT molecular complexity index is 897. The van der Waals surface area contributed by atoms with Gasteiger partial charge < -0.3 is 29.1 Å². The second-order valence-electron chi connectivity index (χ2n) is 9.22. The first-order chi connectivity index (χ1) is 16.0. The Hall–Kier alpha value is -2.11. The van der Waals surface area contributed by atoms with Crippen LogP contribution in [0, 0.1) is 5.92 Å². The van der Waals surface area contributed by atoms with Gasteiger partial charge in [-0.15, -0.1) is 0 Å². The average molecular weight is 478 g/mol. The van der Waals surface area contributed by atoms with Crippen molar-refractivity contribution in [2.45, 2.75) is 56.1 Å². The smallest absolute Gasteiger partial charge is 0.309 e. The van der Waals surface area contributed by atoms with Crippen LogP contribution in [0.4, 0.5) is 11.8 Å². The number of hydrogen-bond acceptors (Lipinski definition) is 9. The van der Waals surface area contributed by atoms with Gasteiger partial charge >= 0.3 is 5.97 Å². The average Bonchev–Trinajstić information content (AvgIpc) is 3.17. The van der Waals surface area contributed by atoms with Gasteiger partial charge in [-0.25, -0.2) is 4.98 Å². The number of carbonyl (C=O) groups is 2. The van der Waals surface area contributed by atoms with Crippen LogP contribution in [0.25, 0.3) is 0 Å². The summed E-state index contributed by atoms with van der Waals surface area (Å²) in [6.07, 6.45) is 3.62. The number of nitrogens with one attached hydrogen (secondary N) is 1. The largest absolute Gasteiger partial charge is 0.611 e. The number of esters is 1. The van der Waals surface area contributed by atoms with Crippen molar-refractivity contribution in [1.29, 1.82) is 0 Å². The Labute approximate surface area is 196 Å². The Kier molecular flexibility index (Phi) is 6.62. The first-order valence-electron chi connectivity index (χ1n) is 11.8. The highest BCUT2D eigenvalue weighted by Gasteiger charge is 2.38. The maximum atomic E-state index is 12.6. The van der Waals surface area contributed by atoms with Gasteiger partial charge in [-0.3, -0.25) is 9.59 Å². The lowest BCUT2D eigenvalue weighted by molar-refractivity contribution is -0.158. The molecule has 1 amide bonds. The van der Waals surface area contributed by atoms with Crippen molar-refractivity contribution in [1.82, 2.24) is 14.9 Å². The number of amides is 1. The van der Waals surface area contributed by atoms with Crippen molar-refractivity contribution in [3.63, 3.8) is 0 Å². The number of hydrogen-bond donors (Lipinski definition) is 1. The molecule has 11 heteroatoms. The van der Waals surface area contributed by atoms with Crippen LogP contribution < -0.4 is 10.2 Å². The SMILES string of the molecule is CC(=O)N1CCC(Nc2nc(N3CC(OC(=O)C4CCOCC4)C3)nc3c2[S+]([O-])CC3)CC1. The molecule has 3 fully saturated rings. The van der Waals surface area contributed by atoms with Gasteiger partial charge in [0.2, 0.25) is 16.8 Å². The van der Waals surface area contributed by atoms with Crippen molar-refractivity contribution >= 4 is 34.8 Å². The predicted molar refractivity (Wildman–Crippen MR) is 122 cm³/mol. The van der Waals surface area contributed by atoms with Crippen LogP contribution in [0.1, 0.15) is 38.3 Å². The minimum atomic E-state index is -1.10. The summed E-state index contributed by atoms with van der Waals surface area (Å²) in [6, 6.07) is 0.176. The third-order valence-electron chi connectivity index (χ3n) is 6.93.